The summed E-state index contributed by atoms with van der Waals surface area (Å²) in [7, 11) is -15.1. The summed E-state index contributed by atoms with van der Waals surface area (Å²) in [6.45, 7) is 0. The van der Waals surface area contributed by atoms with E-state index < -0.39 is 61.6 Å². The van der Waals surface area contributed by atoms with Gasteiger partial charge < -0.3 is 5.11 Å². The van der Waals surface area contributed by atoms with Gasteiger partial charge in [0.25, 0.3) is 30.4 Å². The Balaban J connectivity index is 3.23. The standard InChI is InChI=1S/C10H8O10S3/c11-8-2-1-6-7(10(8)23(18,19)20)3-5(21(12,13)14)4-9(6)22(15,16)17/h1-4,11H,(H,12,13,14)(H,15,16,17)(H,18,19,20). The lowest BCUT2D eigenvalue weighted by Gasteiger charge is -2.11. The first kappa shape index (κ1) is 17.6. The molecule has 0 radical (unpaired) electrons. The molecular weight excluding hydrogens is 376 g/mol. The SMILES string of the molecule is O=S(=O)(O)c1cc(S(=O)(=O)O)c2ccc(O)c(S(=O)(=O)O)c2c1. The van der Waals surface area contributed by atoms with E-state index in [0.29, 0.717) is 12.1 Å². The first-order valence-corrected chi connectivity index (χ1v) is 9.77. The highest BCUT2D eigenvalue weighted by atomic mass is 32.2. The van der Waals surface area contributed by atoms with Crippen LogP contribution in [-0.2, 0) is 30.4 Å². The van der Waals surface area contributed by atoms with Crippen molar-refractivity contribution in [3.05, 3.63) is 24.3 Å². The van der Waals surface area contributed by atoms with Gasteiger partial charge in [0.05, 0.1) is 4.90 Å². The van der Waals surface area contributed by atoms with E-state index in [-0.39, 0.29) is 0 Å². The molecule has 0 unspecified atom stereocenters. The highest BCUT2D eigenvalue weighted by Crippen LogP contribution is 2.36. The van der Waals surface area contributed by atoms with Crippen molar-refractivity contribution < 1.29 is 44.0 Å². The third-order valence-electron chi connectivity index (χ3n) is 2.83. The molecule has 0 saturated heterocycles. The Morgan fingerprint density at radius 2 is 1.26 bits per heavy atom. The van der Waals surface area contributed by atoms with Gasteiger partial charge in [0, 0.05) is 10.8 Å². The van der Waals surface area contributed by atoms with E-state index in [9.17, 15) is 30.4 Å². The van der Waals surface area contributed by atoms with Crippen LogP contribution in [0.15, 0.2) is 39.0 Å². The van der Waals surface area contributed by atoms with Crippen molar-refractivity contribution in [1.82, 2.24) is 0 Å². The van der Waals surface area contributed by atoms with Gasteiger partial charge in [-0.1, -0.05) is 0 Å². The van der Waals surface area contributed by atoms with E-state index in [2.05, 4.69) is 0 Å². The molecule has 2 rings (SSSR count). The van der Waals surface area contributed by atoms with Gasteiger partial charge in [-0.25, -0.2) is 0 Å². The van der Waals surface area contributed by atoms with E-state index in [1.165, 1.54) is 0 Å². The van der Waals surface area contributed by atoms with Gasteiger partial charge in [0.1, 0.15) is 15.5 Å². The molecule has 0 aromatic heterocycles. The predicted molar refractivity (Wildman–Crippen MR) is 75.1 cm³/mol. The van der Waals surface area contributed by atoms with Gasteiger partial charge in [-0.05, 0) is 24.3 Å². The van der Waals surface area contributed by atoms with Gasteiger partial charge >= 0.3 is 0 Å². The molecule has 0 spiro atoms. The van der Waals surface area contributed by atoms with Crippen LogP contribution in [0, 0.1) is 0 Å². The maximum Gasteiger partial charge on any atom is 0.298 e. The van der Waals surface area contributed by atoms with Crippen LogP contribution in [0.4, 0.5) is 0 Å². The van der Waals surface area contributed by atoms with Gasteiger partial charge in [0.15, 0.2) is 0 Å². The minimum atomic E-state index is -5.09. The molecule has 10 nitrogen and oxygen atoms in total. The third-order valence-corrected chi connectivity index (χ3v) is 5.50. The first-order valence-electron chi connectivity index (χ1n) is 5.45. The van der Waals surface area contributed by atoms with Crippen molar-refractivity contribution in [2.24, 2.45) is 0 Å². The van der Waals surface area contributed by atoms with Gasteiger partial charge in [-0.15, -0.1) is 0 Å². The number of benzene rings is 2. The number of phenolic OH excluding ortho intramolecular Hbond substituents is 1. The number of hydrogen-bond donors (Lipinski definition) is 4. The van der Waals surface area contributed by atoms with Crippen molar-refractivity contribution in [2.45, 2.75) is 14.7 Å². The maximum atomic E-state index is 11.4. The lowest BCUT2D eigenvalue weighted by molar-refractivity contribution is 0.445. The summed E-state index contributed by atoms with van der Waals surface area (Å²) in [6.07, 6.45) is 0. The first-order chi connectivity index (χ1) is 10.2. The molecule has 0 aliphatic rings. The van der Waals surface area contributed by atoms with Crippen LogP contribution in [-0.4, -0.2) is 44.0 Å². The Morgan fingerprint density at radius 1 is 0.696 bits per heavy atom. The van der Waals surface area contributed by atoms with Crippen molar-refractivity contribution in [1.29, 1.82) is 0 Å². The molecule has 2 aromatic rings. The second kappa shape index (κ2) is 5.12. The topological polar surface area (TPSA) is 183 Å². The molecule has 0 amide bonds. The van der Waals surface area contributed by atoms with Crippen LogP contribution in [0.1, 0.15) is 0 Å². The average Bonchev–Trinajstić information content (AvgIpc) is 2.32. The summed E-state index contributed by atoms with van der Waals surface area (Å²) in [6, 6.07) is 2.55. The lowest BCUT2D eigenvalue weighted by Crippen LogP contribution is -2.07. The highest BCUT2D eigenvalue weighted by Gasteiger charge is 2.26. The molecule has 0 atom stereocenters. The molecule has 23 heavy (non-hydrogen) atoms. The van der Waals surface area contributed by atoms with Gasteiger partial charge in [0.2, 0.25) is 0 Å². The summed E-state index contributed by atoms with van der Waals surface area (Å²) in [5.74, 6) is -0.992. The second-order valence-electron chi connectivity index (χ2n) is 4.36. The lowest BCUT2D eigenvalue weighted by atomic mass is 10.1. The minimum absolute atomic E-state index is 0.401. The molecular formula is C10H8O10S3. The maximum absolute atomic E-state index is 11.4. The van der Waals surface area contributed by atoms with E-state index in [1.807, 2.05) is 0 Å². The third kappa shape index (κ3) is 3.29. The number of rotatable bonds is 3. The second-order valence-corrected chi connectivity index (χ2v) is 8.53. The van der Waals surface area contributed by atoms with E-state index >= 15 is 0 Å². The molecule has 0 fully saturated rings. The normalized spacial score (nSPS) is 13.3. The average molecular weight is 384 g/mol. The fourth-order valence-electron chi connectivity index (χ4n) is 1.97. The predicted octanol–water partition coefficient (Wildman–Crippen LogP) is 0.286. The highest BCUT2D eigenvalue weighted by molar-refractivity contribution is 7.87. The van der Waals surface area contributed by atoms with Crippen LogP contribution in [0.5, 0.6) is 5.75 Å². The number of fused-ring (bicyclic) bond motifs is 1. The molecule has 4 N–H and O–H groups in total. The Labute approximate surface area is 130 Å². The summed E-state index contributed by atoms with van der Waals surface area (Å²) in [4.78, 5) is -3.27. The molecule has 0 aliphatic heterocycles. The monoisotopic (exact) mass is 384 g/mol. The smallest absolute Gasteiger partial charge is 0.298 e. The molecule has 0 saturated carbocycles. The van der Waals surface area contributed by atoms with Crippen molar-refractivity contribution in [2.75, 3.05) is 0 Å². The fourth-order valence-corrected chi connectivity index (χ4v) is 4.09. The van der Waals surface area contributed by atoms with Gasteiger partial charge in [-0.2, -0.15) is 25.3 Å². The largest absolute Gasteiger partial charge is 0.506 e. The van der Waals surface area contributed by atoms with Gasteiger partial charge in [-0.3, -0.25) is 13.7 Å². The molecule has 0 aliphatic carbocycles. The zero-order valence-electron chi connectivity index (χ0n) is 10.8. The van der Waals surface area contributed by atoms with Crippen LogP contribution in [0.3, 0.4) is 0 Å². The summed E-state index contributed by atoms with van der Waals surface area (Å²) < 4.78 is 95.2. The number of aromatic hydroxyl groups is 1. The van der Waals surface area contributed by atoms with E-state index in [1.54, 1.807) is 0 Å². The quantitative estimate of drug-likeness (QED) is 0.536. The van der Waals surface area contributed by atoms with E-state index in [0.717, 1.165) is 12.1 Å². The Kier molecular flexibility index (Phi) is 3.91. The van der Waals surface area contributed by atoms with Crippen LogP contribution < -0.4 is 0 Å². The fraction of sp³-hybridized carbons (Fsp3) is 0. The summed E-state index contributed by atoms with van der Waals surface area (Å²) in [5.41, 5.74) is 0. The Morgan fingerprint density at radius 3 is 1.70 bits per heavy atom. The van der Waals surface area contributed by atoms with Crippen molar-refractivity contribution >= 4 is 41.1 Å². The minimum Gasteiger partial charge on any atom is -0.506 e. The summed E-state index contributed by atoms with van der Waals surface area (Å²) in [5, 5.41) is 8.35. The van der Waals surface area contributed by atoms with Crippen LogP contribution in [0.2, 0.25) is 0 Å². The van der Waals surface area contributed by atoms with E-state index in [4.69, 9.17) is 13.7 Å². The van der Waals surface area contributed by atoms with Crippen molar-refractivity contribution in [3.8, 4) is 5.75 Å². The Bertz CT molecular complexity index is 1130. The Hall–Kier alpha value is -1.77. The number of phenols is 1. The summed E-state index contributed by atoms with van der Waals surface area (Å²) >= 11 is 0. The molecule has 13 heteroatoms. The molecule has 126 valence electrons. The van der Waals surface area contributed by atoms with Crippen LogP contribution >= 0.6 is 0 Å². The number of hydrogen-bond acceptors (Lipinski definition) is 7. The zero-order valence-corrected chi connectivity index (χ0v) is 13.2. The molecule has 0 heterocycles. The van der Waals surface area contributed by atoms with Crippen LogP contribution in [0.25, 0.3) is 10.8 Å². The van der Waals surface area contributed by atoms with Crippen molar-refractivity contribution in [3.63, 3.8) is 0 Å². The zero-order chi connectivity index (χ0) is 17.8. The molecule has 0 bridgehead atoms. The molecule has 2 aromatic carbocycles.